The van der Waals surface area contributed by atoms with E-state index in [1.807, 2.05) is 38.1 Å². The van der Waals surface area contributed by atoms with Gasteiger partial charge in [-0.25, -0.2) is 0 Å². The Kier molecular flexibility index (Phi) is 6.89. The van der Waals surface area contributed by atoms with E-state index >= 15 is 0 Å². The minimum Gasteiger partial charge on any atom is -0.353 e. The summed E-state index contributed by atoms with van der Waals surface area (Å²) >= 11 is 5.85. The molecule has 1 rings (SSSR count). The van der Waals surface area contributed by atoms with Crippen LogP contribution in [0, 0.1) is 0 Å². The Morgan fingerprint density at radius 1 is 1.26 bits per heavy atom. The highest BCUT2D eigenvalue weighted by molar-refractivity contribution is 6.30. The molecule has 1 aromatic carbocycles. The standard InChI is InChI=1S/C15H23ClN2O/c1-4-5-11(2)18-15(19)10-17-12(3)13-6-8-14(16)9-7-13/h6-9,11-12,17H,4-5,10H2,1-3H3,(H,18,19)/t11?,12-/m1/s1. The molecule has 1 aromatic rings. The van der Waals surface area contributed by atoms with E-state index in [1.54, 1.807) is 0 Å². The van der Waals surface area contributed by atoms with Gasteiger partial charge in [0.1, 0.15) is 0 Å². The highest BCUT2D eigenvalue weighted by atomic mass is 35.5. The van der Waals surface area contributed by atoms with Gasteiger partial charge in [-0.1, -0.05) is 37.1 Å². The Hall–Kier alpha value is -1.06. The molecule has 0 aliphatic heterocycles. The van der Waals surface area contributed by atoms with E-state index in [2.05, 4.69) is 17.6 Å². The Morgan fingerprint density at radius 2 is 1.89 bits per heavy atom. The molecular weight excluding hydrogens is 260 g/mol. The number of nitrogens with one attached hydrogen (secondary N) is 2. The van der Waals surface area contributed by atoms with Gasteiger partial charge in [0.2, 0.25) is 5.91 Å². The molecule has 0 fully saturated rings. The molecule has 0 heterocycles. The normalized spacial score (nSPS) is 13.9. The lowest BCUT2D eigenvalue weighted by Crippen LogP contribution is -2.39. The van der Waals surface area contributed by atoms with Crippen molar-refractivity contribution in [2.24, 2.45) is 0 Å². The van der Waals surface area contributed by atoms with Crippen LogP contribution >= 0.6 is 11.6 Å². The van der Waals surface area contributed by atoms with Crippen molar-refractivity contribution in [3.8, 4) is 0 Å². The van der Waals surface area contributed by atoms with Crippen LogP contribution in [0.15, 0.2) is 24.3 Å². The van der Waals surface area contributed by atoms with E-state index in [9.17, 15) is 4.79 Å². The van der Waals surface area contributed by atoms with Crippen molar-refractivity contribution < 1.29 is 4.79 Å². The van der Waals surface area contributed by atoms with E-state index in [0.717, 1.165) is 23.4 Å². The summed E-state index contributed by atoms with van der Waals surface area (Å²) in [6.07, 6.45) is 2.09. The molecule has 0 saturated carbocycles. The molecule has 0 bridgehead atoms. The van der Waals surface area contributed by atoms with Gasteiger partial charge in [-0.2, -0.15) is 0 Å². The second kappa shape index (κ2) is 8.18. The molecule has 0 aliphatic carbocycles. The predicted octanol–water partition coefficient (Wildman–Crippen LogP) is 3.30. The lowest BCUT2D eigenvalue weighted by atomic mass is 10.1. The third-order valence-electron chi connectivity index (χ3n) is 3.07. The average Bonchev–Trinajstić information content (AvgIpc) is 2.37. The van der Waals surface area contributed by atoms with Gasteiger partial charge in [-0.15, -0.1) is 0 Å². The van der Waals surface area contributed by atoms with Crippen molar-refractivity contribution in [3.05, 3.63) is 34.9 Å². The lowest BCUT2D eigenvalue weighted by molar-refractivity contribution is -0.121. The van der Waals surface area contributed by atoms with Crippen LogP contribution in [0.4, 0.5) is 0 Å². The van der Waals surface area contributed by atoms with Gasteiger partial charge in [0.05, 0.1) is 6.54 Å². The number of hydrogen-bond donors (Lipinski definition) is 2. The maximum atomic E-state index is 11.7. The van der Waals surface area contributed by atoms with Crippen LogP contribution < -0.4 is 10.6 Å². The van der Waals surface area contributed by atoms with Crippen LogP contribution in [-0.2, 0) is 4.79 Å². The maximum Gasteiger partial charge on any atom is 0.234 e. The summed E-state index contributed by atoms with van der Waals surface area (Å²) in [4.78, 5) is 11.7. The fraction of sp³-hybridized carbons (Fsp3) is 0.533. The van der Waals surface area contributed by atoms with Gasteiger partial charge in [-0.3, -0.25) is 4.79 Å². The SMILES string of the molecule is CCCC(C)NC(=O)CN[C@H](C)c1ccc(Cl)cc1. The van der Waals surface area contributed by atoms with Crippen LogP contribution in [0.3, 0.4) is 0 Å². The first kappa shape index (κ1) is 16.0. The summed E-state index contributed by atoms with van der Waals surface area (Å²) in [5, 5.41) is 6.91. The average molecular weight is 283 g/mol. The summed E-state index contributed by atoms with van der Waals surface area (Å²) in [6.45, 7) is 6.51. The predicted molar refractivity (Wildman–Crippen MR) is 80.4 cm³/mol. The first-order valence-electron chi connectivity index (χ1n) is 6.81. The smallest absolute Gasteiger partial charge is 0.234 e. The van der Waals surface area contributed by atoms with Gasteiger partial charge in [0.15, 0.2) is 0 Å². The van der Waals surface area contributed by atoms with Crippen LogP contribution in [0.25, 0.3) is 0 Å². The zero-order chi connectivity index (χ0) is 14.3. The molecule has 3 nitrogen and oxygen atoms in total. The van der Waals surface area contributed by atoms with Gasteiger partial charge in [0, 0.05) is 17.1 Å². The van der Waals surface area contributed by atoms with Gasteiger partial charge < -0.3 is 10.6 Å². The molecule has 0 spiro atoms. The monoisotopic (exact) mass is 282 g/mol. The molecular formula is C15H23ClN2O. The van der Waals surface area contributed by atoms with Crippen molar-refractivity contribution in [3.63, 3.8) is 0 Å². The molecule has 0 radical (unpaired) electrons. The van der Waals surface area contributed by atoms with E-state index in [1.165, 1.54) is 0 Å². The highest BCUT2D eigenvalue weighted by Crippen LogP contribution is 2.15. The molecule has 0 saturated heterocycles. The summed E-state index contributed by atoms with van der Waals surface area (Å²) in [5.74, 6) is 0.0433. The summed E-state index contributed by atoms with van der Waals surface area (Å²) in [5.41, 5.74) is 1.12. The number of benzene rings is 1. The zero-order valence-corrected chi connectivity index (χ0v) is 12.6. The highest BCUT2D eigenvalue weighted by Gasteiger charge is 2.09. The number of halogens is 1. The summed E-state index contributed by atoms with van der Waals surface area (Å²) in [6, 6.07) is 8.03. The van der Waals surface area contributed by atoms with Crippen LogP contribution in [0.2, 0.25) is 5.02 Å². The zero-order valence-electron chi connectivity index (χ0n) is 11.9. The Labute approximate surface area is 120 Å². The number of amides is 1. The van der Waals surface area contributed by atoms with Crippen LogP contribution in [-0.4, -0.2) is 18.5 Å². The van der Waals surface area contributed by atoms with Gasteiger partial charge >= 0.3 is 0 Å². The molecule has 0 aliphatic rings. The van der Waals surface area contributed by atoms with Crippen molar-refractivity contribution in [1.82, 2.24) is 10.6 Å². The molecule has 2 atom stereocenters. The van der Waals surface area contributed by atoms with E-state index in [0.29, 0.717) is 6.54 Å². The van der Waals surface area contributed by atoms with Crippen molar-refractivity contribution >= 4 is 17.5 Å². The Morgan fingerprint density at radius 3 is 2.47 bits per heavy atom. The molecule has 1 amide bonds. The molecule has 1 unspecified atom stereocenters. The summed E-state index contributed by atoms with van der Waals surface area (Å²) in [7, 11) is 0. The molecule has 106 valence electrons. The van der Waals surface area contributed by atoms with E-state index in [4.69, 9.17) is 11.6 Å². The fourth-order valence-corrected chi connectivity index (χ4v) is 2.07. The van der Waals surface area contributed by atoms with Gasteiger partial charge in [-0.05, 0) is 38.0 Å². The van der Waals surface area contributed by atoms with Gasteiger partial charge in [0.25, 0.3) is 0 Å². The quantitative estimate of drug-likeness (QED) is 0.806. The first-order valence-corrected chi connectivity index (χ1v) is 7.19. The third-order valence-corrected chi connectivity index (χ3v) is 3.32. The number of hydrogen-bond acceptors (Lipinski definition) is 2. The first-order chi connectivity index (χ1) is 9.02. The maximum absolute atomic E-state index is 11.7. The molecule has 2 N–H and O–H groups in total. The van der Waals surface area contributed by atoms with Crippen LogP contribution in [0.5, 0.6) is 0 Å². The van der Waals surface area contributed by atoms with Crippen molar-refractivity contribution in [2.45, 2.75) is 45.7 Å². The van der Waals surface area contributed by atoms with E-state index < -0.39 is 0 Å². The van der Waals surface area contributed by atoms with Crippen LogP contribution in [0.1, 0.15) is 45.2 Å². The topological polar surface area (TPSA) is 41.1 Å². The molecule has 19 heavy (non-hydrogen) atoms. The van der Waals surface area contributed by atoms with Crippen molar-refractivity contribution in [1.29, 1.82) is 0 Å². The lowest BCUT2D eigenvalue weighted by Gasteiger charge is -2.16. The fourth-order valence-electron chi connectivity index (χ4n) is 1.95. The largest absolute Gasteiger partial charge is 0.353 e. The second-order valence-corrected chi connectivity index (χ2v) is 5.35. The van der Waals surface area contributed by atoms with Crippen molar-refractivity contribution in [2.75, 3.05) is 6.54 Å². The summed E-state index contributed by atoms with van der Waals surface area (Å²) < 4.78 is 0. The molecule has 0 aromatic heterocycles. The molecule has 4 heteroatoms. The number of carbonyl (C=O) groups is 1. The van der Waals surface area contributed by atoms with E-state index in [-0.39, 0.29) is 18.0 Å². The minimum atomic E-state index is 0.0433. The number of carbonyl (C=O) groups excluding carboxylic acids is 1. The minimum absolute atomic E-state index is 0.0433. The number of rotatable bonds is 7. The Balaban J connectivity index is 2.35. The Bertz CT molecular complexity index is 392. The second-order valence-electron chi connectivity index (χ2n) is 4.91. The third kappa shape index (κ3) is 6.08.